The number of anilines is 1. The average Bonchev–Trinajstić information content (AvgIpc) is 3.38. The molecule has 2 N–H and O–H groups in total. The molecule has 4 nitrogen and oxygen atoms in total. The van der Waals surface area contributed by atoms with Crippen molar-refractivity contribution in [2.24, 2.45) is 11.0 Å². The highest BCUT2D eigenvalue weighted by Crippen LogP contribution is 2.49. The number of hydrogen-bond acceptors (Lipinski definition) is 4. The van der Waals surface area contributed by atoms with Crippen molar-refractivity contribution in [2.45, 2.75) is 42.4 Å². The third-order valence-electron chi connectivity index (χ3n) is 6.70. The quantitative estimate of drug-likeness (QED) is 0.187. The summed E-state index contributed by atoms with van der Waals surface area (Å²) in [5.74, 6) is 0.779. The Hall–Kier alpha value is -3.31. The minimum atomic E-state index is -0.231. The Labute approximate surface area is 205 Å². The summed E-state index contributed by atoms with van der Waals surface area (Å²) in [4.78, 5) is 13.6. The smallest absolute Gasteiger partial charge is 0.253 e. The van der Waals surface area contributed by atoms with Crippen LogP contribution in [0, 0.1) is 5.92 Å². The molecule has 0 spiro atoms. The van der Waals surface area contributed by atoms with Gasteiger partial charge >= 0.3 is 0 Å². The molecule has 3 aromatic carbocycles. The van der Waals surface area contributed by atoms with Gasteiger partial charge in [-0.1, -0.05) is 66.7 Å². The molecule has 172 valence electrons. The lowest BCUT2D eigenvalue weighted by molar-refractivity contribution is -0.120. The first-order chi connectivity index (χ1) is 16.6. The third-order valence-corrected chi connectivity index (χ3v) is 7.81. The number of allylic oxidation sites excluding steroid dienone is 2. The lowest BCUT2D eigenvalue weighted by Crippen LogP contribution is -2.29. The first kappa shape index (κ1) is 22.5. The summed E-state index contributed by atoms with van der Waals surface area (Å²) < 4.78 is 0. The van der Waals surface area contributed by atoms with Crippen LogP contribution in [0.15, 0.2) is 101 Å². The monoisotopic (exact) mass is 467 g/mol. The number of nitrogens with zero attached hydrogens (tertiary/aromatic N) is 1. The van der Waals surface area contributed by atoms with Gasteiger partial charge in [-0.05, 0) is 67.1 Å². The van der Waals surface area contributed by atoms with Crippen molar-refractivity contribution in [3.8, 4) is 0 Å². The summed E-state index contributed by atoms with van der Waals surface area (Å²) in [5.41, 5.74) is 8.40. The first-order valence-electron chi connectivity index (χ1n) is 11.8. The number of hydrazone groups is 1. The van der Waals surface area contributed by atoms with Crippen LogP contribution in [-0.4, -0.2) is 16.9 Å². The number of fused-ring (bicyclic) bond motifs is 3. The van der Waals surface area contributed by atoms with E-state index in [0.717, 1.165) is 22.6 Å². The van der Waals surface area contributed by atoms with Crippen molar-refractivity contribution in [3.05, 3.63) is 108 Å². The van der Waals surface area contributed by atoms with Gasteiger partial charge in [0.15, 0.2) is 0 Å². The predicted octanol–water partition coefficient (Wildman–Crippen LogP) is 6.53. The number of benzene rings is 3. The summed E-state index contributed by atoms with van der Waals surface area (Å²) in [7, 11) is 0. The van der Waals surface area contributed by atoms with Crippen molar-refractivity contribution >= 4 is 29.1 Å². The minimum Gasteiger partial charge on any atom is -0.378 e. The van der Waals surface area contributed by atoms with Crippen LogP contribution in [0.25, 0.3) is 0 Å². The van der Waals surface area contributed by atoms with Gasteiger partial charge in [0.2, 0.25) is 0 Å². The van der Waals surface area contributed by atoms with Gasteiger partial charge in [-0.25, -0.2) is 5.43 Å². The first-order valence-corrected chi connectivity index (χ1v) is 12.7. The lowest BCUT2D eigenvalue weighted by Gasteiger charge is -2.37. The van der Waals surface area contributed by atoms with Gasteiger partial charge in [-0.15, -0.1) is 11.8 Å². The molecule has 1 amide bonds. The molecule has 1 aliphatic heterocycles. The fourth-order valence-corrected chi connectivity index (χ4v) is 5.74. The molecule has 4 atom stereocenters. The molecule has 34 heavy (non-hydrogen) atoms. The van der Waals surface area contributed by atoms with E-state index >= 15 is 0 Å². The second-order valence-electron chi connectivity index (χ2n) is 8.93. The number of carbonyl (C=O) groups is 1. The van der Waals surface area contributed by atoms with Crippen molar-refractivity contribution < 1.29 is 4.79 Å². The number of rotatable bonds is 6. The highest BCUT2D eigenvalue weighted by Gasteiger charge is 2.37. The zero-order valence-electron chi connectivity index (χ0n) is 19.4. The molecule has 0 saturated carbocycles. The number of carbonyl (C=O) groups excluding carboxylic acids is 1. The Morgan fingerprint density at radius 1 is 1.06 bits per heavy atom. The molecule has 1 aliphatic carbocycles. The van der Waals surface area contributed by atoms with Crippen molar-refractivity contribution in [3.63, 3.8) is 0 Å². The fraction of sp³-hybridized carbons (Fsp3) is 0.241. The van der Waals surface area contributed by atoms with Crippen LogP contribution in [0.2, 0.25) is 0 Å². The van der Waals surface area contributed by atoms with E-state index in [1.807, 2.05) is 44.2 Å². The normalized spacial score (nSPS) is 21.8. The van der Waals surface area contributed by atoms with E-state index in [1.54, 1.807) is 0 Å². The second kappa shape index (κ2) is 9.90. The van der Waals surface area contributed by atoms with E-state index in [4.69, 9.17) is 0 Å². The molecular weight excluding hydrogens is 438 g/mol. The predicted molar refractivity (Wildman–Crippen MR) is 141 cm³/mol. The number of thioether (sulfide) groups is 1. The van der Waals surface area contributed by atoms with Crippen LogP contribution in [0.1, 0.15) is 48.9 Å². The van der Waals surface area contributed by atoms with Crippen molar-refractivity contribution in [1.82, 2.24) is 5.43 Å². The van der Waals surface area contributed by atoms with Crippen LogP contribution in [0.4, 0.5) is 5.69 Å². The fourth-order valence-electron chi connectivity index (χ4n) is 4.86. The third kappa shape index (κ3) is 4.66. The summed E-state index contributed by atoms with van der Waals surface area (Å²) in [6.45, 7) is 3.85. The van der Waals surface area contributed by atoms with Crippen LogP contribution in [0.5, 0.6) is 0 Å². The van der Waals surface area contributed by atoms with Crippen molar-refractivity contribution in [1.29, 1.82) is 0 Å². The van der Waals surface area contributed by atoms with E-state index in [2.05, 4.69) is 76.5 Å². The standard InChI is InChI=1S/C29H29N3OS/c1-19(31-32-29(33)20(2)34-23-12-7-4-8-13-23)22-16-17-27-26(18-22)24-14-9-15-25(24)28(30-27)21-10-5-3-6-11-21/h3-14,16-18,20,24-25,28,30H,15H2,1-2H3,(H,32,33)/b31-19-/t20-,24-,25+,28+/m1/s1. The summed E-state index contributed by atoms with van der Waals surface area (Å²) in [6.07, 6.45) is 5.73. The SMILES string of the molecule is C/C(=N/NC(=O)[C@@H](C)Sc1ccccc1)c1ccc2c(c1)[C@@H]1C=CC[C@@H]1[C@H](c1ccccc1)N2. The largest absolute Gasteiger partial charge is 0.378 e. The van der Waals surface area contributed by atoms with Gasteiger partial charge in [0.05, 0.1) is 17.0 Å². The molecule has 2 aliphatic rings. The summed E-state index contributed by atoms with van der Waals surface area (Å²) in [5, 5.41) is 7.98. The maximum Gasteiger partial charge on any atom is 0.253 e. The van der Waals surface area contributed by atoms with Crippen LogP contribution in [0.3, 0.4) is 0 Å². The average molecular weight is 468 g/mol. The second-order valence-corrected chi connectivity index (χ2v) is 10.3. The molecule has 1 heterocycles. The van der Waals surface area contributed by atoms with Gasteiger partial charge in [0.1, 0.15) is 0 Å². The molecule has 5 rings (SSSR count). The highest BCUT2D eigenvalue weighted by atomic mass is 32.2. The Bertz CT molecular complexity index is 1220. The van der Waals surface area contributed by atoms with E-state index in [0.29, 0.717) is 17.9 Å². The van der Waals surface area contributed by atoms with E-state index in [9.17, 15) is 4.79 Å². The van der Waals surface area contributed by atoms with Gasteiger partial charge in [-0.2, -0.15) is 5.10 Å². The molecular formula is C29H29N3OS. The van der Waals surface area contributed by atoms with Gasteiger partial charge in [-0.3, -0.25) is 4.79 Å². The maximum absolute atomic E-state index is 12.6. The zero-order valence-corrected chi connectivity index (χ0v) is 20.3. The Morgan fingerprint density at radius 3 is 2.56 bits per heavy atom. The van der Waals surface area contributed by atoms with Crippen LogP contribution in [-0.2, 0) is 4.79 Å². The molecule has 0 unspecified atom stereocenters. The molecule has 3 aromatic rings. The lowest BCUT2D eigenvalue weighted by atomic mass is 9.76. The number of hydrogen-bond donors (Lipinski definition) is 2. The van der Waals surface area contributed by atoms with E-state index in [-0.39, 0.29) is 11.2 Å². The number of amides is 1. The highest BCUT2D eigenvalue weighted by molar-refractivity contribution is 8.00. The maximum atomic E-state index is 12.6. The molecule has 0 fully saturated rings. The molecule has 0 bridgehead atoms. The zero-order chi connectivity index (χ0) is 23.5. The summed E-state index contributed by atoms with van der Waals surface area (Å²) in [6, 6.07) is 27.4. The molecule has 5 heteroatoms. The van der Waals surface area contributed by atoms with Crippen LogP contribution < -0.4 is 10.7 Å². The topological polar surface area (TPSA) is 53.5 Å². The van der Waals surface area contributed by atoms with Crippen molar-refractivity contribution in [2.75, 3.05) is 5.32 Å². The molecule has 0 aromatic heterocycles. The Morgan fingerprint density at radius 2 is 1.79 bits per heavy atom. The van der Waals surface area contributed by atoms with Gasteiger partial charge in [0, 0.05) is 16.5 Å². The summed E-state index contributed by atoms with van der Waals surface area (Å²) >= 11 is 1.53. The van der Waals surface area contributed by atoms with Gasteiger partial charge < -0.3 is 5.32 Å². The van der Waals surface area contributed by atoms with Gasteiger partial charge in [0.25, 0.3) is 5.91 Å². The molecule has 0 radical (unpaired) electrons. The van der Waals surface area contributed by atoms with E-state index < -0.39 is 0 Å². The minimum absolute atomic E-state index is 0.0997. The van der Waals surface area contributed by atoms with Crippen LogP contribution >= 0.6 is 11.8 Å². The Kier molecular flexibility index (Phi) is 6.54. The number of nitrogens with one attached hydrogen (secondary N) is 2. The molecule has 0 saturated heterocycles. The Balaban J connectivity index is 1.31. The van der Waals surface area contributed by atoms with E-state index in [1.165, 1.54) is 28.6 Å².